The molecule has 0 spiro atoms. The zero-order chi connectivity index (χ0) is 21.5. The predicted molar refractivity (Wildman–Crippen MR) is 111 cm³/mol. The number of carbonyl (C=O) groups excluding carboxylic acids is 5. The maximum atomic E-state index is 12.1. The van der Waals surface area contributed by atoms with Crippen LogP contribution in [-0.2, 0) is 24.0 Å². The lowest BCUT2D eigenvalue weighted by Gasteiger charge is -2.18. The van der Waals surface area contributed by atoms with Gasteiger partial charge in [-0.3, -0.25) is 24.0 Å². The first kappa shape index (κ1) is 26.2. The topological polar surface area (TPSA) is 145 Å². The fourth-order valence-electron chi connectivity index (χ4n) is 1.75. The number of likely N-dealkylation sites (N-methyl/N-ethyl adjacent to an activating group) is 1. The lowest BCUT2D eigenvalue weighted by Crippen LogP contribution is -2.50. The van der Waals surface area contributed by atoms with Gasteiger partial charge in [-0.2, -0.15) is 0 Å². The zero-order valence-electron chi connectivity index (χ0n) is 16.5. The third-order valence-corrected chi connectivity index (χ3v) is 5.16. The summed E-state index contributed by atoms with van der Waals surface area (Å²) in [6, 6.07) is -1.22. The summed E-state index contributed by atoms with van der Waals surface area (Å²) in [6.07, 6.45) is 0. The Balaban J connectivity index is 4.28. The Bertz CT molecular complexity index is 562. The highest BCUT2D eigenvalue weighted by atomic mass is 32.2. The Hall–Kier alpha value is -1.79. The average Bonchev–Trinajstić information content (AvgIpc) is 2.61. The van der Waals surface area contributed by atoms with E-state index in [-0.39, 0.29) is 30.0 Å². The molecule has 5 N–H and O–H groups in total. The van der Waals surface area contributed by atoms with Gasteiger partial charge in [0.25, 0.3) is 0 Å². The average molecular weight is 436 g/mol. The molecular formula is C16H29N5O5S2. The van der Waals surface area contributed by atoms with E-state index in [1.165, 1.54) is 44.3 Å². The van der Waals surface area contributed by atoms with Gasteiger partial charge in [0.15, 0.2) is 5.78 Å². The van der Waals surface area contributed by atoms with Crippen molar-refractivity contribution >= 4 is 52.9 Å². The number of hydrogen-bond donors (Lipinski definition) is 5. The van der Waals surface area contributed by atoms with Crippen molar-refractivity contribution in [1.82, 2.24) is 26.6 Å². The van der Waals surface area contributed by atoms with E-state index in [9.17, 15) is 24.0 Å². The van der Waals surface area contributed by atoms with Crippen LogP contribution in [0.3, 0.4) is 0 Å². The minimum absolute atomic E-state index is 0.148. The van der Waals surface area contributed by atoms with Gasteiger partial charge in [-0.05, 0) is 14.0 Å². The molecule has 28 heavy (non-hydrogen) atoms. The van der Waals surface area contributed by atoms with E-state index in [0.717, 1.165) is 0 Å². The highest BCUT2D eigenvalue weighted by Crippen LogP contribution is 2.03. The summed E-state index contributed by atoms with van der Waals surface area (Å²) in [5.41, 5.74) is 0. The number of thioether (sulfide) groups is 2. The van der Waals surface area contributed by atoms with Crippen LogP contribution in [0.5, 0.6) is 0 Å². The van der Waals surface area contributed by atoms with Crippen molar-refractivity contribution in [2.45, 2.75) is 32.9 Å². The molecule has 2 unspecified atom stereocenters. The van der Waals surface area contributed by atoms with E-state index >= 15 is 0 Å². The van der Waals surface area contributed by atoms with Crippen LogP contribution < -0.4 is 26.6 Å². The fraction of sp³-hybridized carbons (Fsp3) is 0.688. The Labute approximate surface area is 173 Å². The Kier molecular flexibility index (Phi) is 14.2. The number of carbonyl (C=O) groups is 5. The standard InChI is InChI=1S/C16H29N5O5S2/c1-10(22)13(6-27-8-19-11(2)23)21-15(25)5-18-16(26)14(17-4)7-28-9-20-12(3)24/h13-14,17H,5-9H2,1-4H3,(H,18,26)(H,19,23)(H,20,24)(H,21,25). The Morgan fingerprint density at radius 3 is 1.71 bits per heavy atom. The monoisotopic (exact) mass is 435 g/mol. The summed E-state index contributed by atoms with van der Waals surface area (Å²) >= 11 is 2.68. The predicted octanol–water partition coefficient (Wildman–Crippen LogP) is -1.58. The van der Waals surface area contributed by atoms with Gasteiger partial charge in [0.2, 0.25) is 23.6 Å². The molecule has 0 rings (SSSR count). The molecule has 0 fully saturated rings. The van der Waals surface area contributed by atoms with E-state index in [1.807, 2.05) is 0 Å². The molecule has 0 saturated carbocycles. The molecule has 0 aliphatic carbocycles. The molecule has 0 aliphatic rings. The van der Waals surface area contributed by atoms with Crippen LogP contribution in [0.15, 0.2) is 0 Å². The molecular weight excluding hydrogens is 406 g/mol. The smallest absolute Gasteiger partial charge is 0.240 e. The molecule has 160 valence electrons. The fourth-order valence-corrected chi connectivity index (χ4v) is 3.70. The third kappa shape index (κ3) is 13.4. The van der Waals surface area contributed by atoms with Crippen molar-refractivity contribution in [3.05, 3.63) is 0 Å². The van der Waals surface area contributed by atoms with Crippen molar-refractivity contribution in [2.24, 2.45) is 0 Å². The van der Waals surface area contributed by atoms with Crippen molar-refractivity contribution in [1.29, 1.82) is 0 Å². The van der Waals surface area contributed by atoms with Gasteiger partial charge in [0.1, 0.15) is 0 Å². The highest BCUT2D eigenvalue weighted by Gasteiger charge is 2.20. The van der Waals surface area contributed by atoms with Gasteiger partial charge < -0.3 is 26.6 Å². The van der Waals surface area contributed by atoms with Gasteiger partial charge in [0, 0.05) is 25.4 Å². The lowest BCUT2D eigenvalue weighted by molar-refractivity contribution is -0.128. The van der Waals surface area contributed by atoms with Crippen molar-refractivity contribution in [3.63, 3.8) is 0 Å². The van der Waals surface area contributed by atoms with Gasteiger partial charge in [-0.15, -0.1) is 23.5 Å². The summed E-state index contributed by atoms with van der Waals surface area (Å²) in [7, 11) is 1.63. The zero-order valence-corrected chi connectivity index (χ0v) is 18.2. The van der Waals surface area contributed by atoms with Crippen LogP contribution in [0.25, 0.3) is 0 Å². The second-order valence-corrected chi connectivity index (χ2v) is 7.85. The van der Waals surface area contributed by atoms with Crippen LogP contribution in [0.2, 0.25) is 0 Å². The summed E-state index contributed by atoms with van der Waals surface area (Å²) in [4.78, 5) is 57.4. The van der Waals surface area contributed by atoms with Crippen LogP contribution in [0.1, 0.15) is 20.8 Å². The molecule has 0 aliphatic heterocycles. The minimum atomic E-state index is -0.698. The molecule has 0 heterocycles. The van der Waals surface area contributed by atoms with Crippen molar-refractivity contribution in [3.8, 4) is 0 Å². The molecule has 4 amide bonds. The number of nitrogens with one attached hydrogen (secondary N) is 5. The normalized spacial score (nSPS) is 12.4. The molecule has 0 aromatic carbocycles. The summed E-state index contributed by atoms with van der Waals surface area (Å²) in [5.74, 6) is 0.0923. The van der Waals surface area contributed by atoms with Gasteiger partial charge >= 0.3 is 0 Å². The first-order chi connectivity index (χ1) is 13.2. The number of Topliss-reactive ketones (excluding diaryl/α,β-unsaturated/α-hetero) is 1. The van der Waals surface area contributed by atoms with Crippen LogP contribution >= 0.6 is 23.5 Å². The molecule has 0 saturated heterocycles. The molecule has 0 bridgehead atoms. The van der Waals surface area contributed by atoms with E-state index in [1.54, 1.807) is 7.05 Å². The number of ketones is 1. The molecule has 0 aromatic heterocycles. The van der Waals surface area contributed by atoms with Crippen LogP contribution in [0.4, 0.5) is 0 Å². The quantitative estimate of drug-likeness (QED) is 0.162. The number of amides is 4. The maximum absolute atomic E-state index is 12.1. The Morgan fingerprint density at radius 2 is 1.29 bits per heavy atom. The molecule has 2 atom stereocenters. The summed E-state index contributed by atoms with van der Waals surface area (Å²) < 4.78 is 0. The molecule has 12 heteroatoms. The van der Waals surface area contributed by atoms with Crippen LogP contribution in [-0.4, -0.2) is 78.3 Å². The lowest BCUT2D eigenvalue weighted by atomic mass is 10.2. The van der Waals surface area contributed by atoms with Crippen molar-refractivity contribution < 1.29 is 24.0 Å². The first-order valence-corrected chi connectivity index (χ1v) is 10.9. The SMILES string of the molecule is CNC(CSCNC(C)=O)C(=O)NCC(=O)NC(CSCNC(C)=O)C(C)=O. The van der Waals surface area contributed by atoms with E-state index in [0.29, 0.717) is 23.3 Å². The number of rotatable bonds is 14. The molecule has 10 nitrogen and oxygen atoms in total. The van der Waals surface area contributed by atoms with Crippen LogP contribution in [0, 0.1) is 0 Å². The Morgan fingerprint density at radius 1 is 0.786 bits per heavy atom. The summed E-state index contributed by atoms with van der Waals surface area (Å²) in [5, 5.41) is 13.1. The van der Waals surface area contributed by atoms with Gasteiger partial charge in [0.05, 0.1) is 30.4 Å². The van der Waals surface area contributed by atoms with E-state index in [4.69, 9.17) is 0 Å². The third-order valence-electron chi connectivity index (χ3n) is 3.33. The van der Waals surface area contributed by atoms with Gasteiger partial charge in [-0.25, -0.2) is 0 Å². The van der Waals surface area contributed by atoms with Crippen molar-refractivity contribution in [2.75, 3.05) is 36.9 Å². The largest absolute Gasteiger partial charge is 0.347 e. The van der Waals surface area contributed by atoms with E-state index in [2.05, 4.69) is 26.6 Å². The second kappa shape index (κ2) is 15.2. The minimum Gasteiger partial charge on any atom is -0.347 e. The summed E-state index contributed by atoms with van der Waals surface area (Å²) in [6.45, 7) is 3.91. The molecule has 0 radical (unpaired) electrons. The van der Waals surface area contributed by atoms with E-state index < -0.39 is 18.0 Å². The first-order valence-electron chi connectivity index (χ1n) is 8.56. The van der Waals surface area contributed by atoms with Gasteiger partial charge in [-0.1, -0.05) is 0 Å². The second-order valence-electron chi connectivity index (χ2n) is 5.79. The molecule has 0 aromatic rings. The maximum Gasteiger partial charge on any atom is 0.240 e. The number of hydrogen-bond acceptors (Lipinski definition) is 8. The highest BCUT2D eigenvalue weighted by molar-refractivity contribution is 7.99.